The van der Waals surface area contributed by atoms with Crippen LogP contribution in [0.3, 0.4) is 0 Å². The number of ether oxygens (including phenoxy) is 1. The molecule has 2 fully saturated rings. The summed E-state index contributed by atoms with van der Waals surface area (Å²) in [5, 5.41) is 17.5. The van der Waals surface area contributed by atoms with E-state index < -0.39 is 0 Å². The maximum absolute atomic E-state index is 12.4. The van der Waals surface area contributed by atoms with E-state index in [4.69, 9.17) is 4.74 Å². The van der Waals surface area contributed by atoms with Crippen LogP contribution >= 0.6 is 0 Å². The van der Waals surface area contributed by atoms with Crippen LogP contribution in [0.1, 0.15) is 24.8 Å². The van der Waals surface area contributed by atoms with Crippen LogP contribution in [0.2, 0.25) is 0 Å². The van der Waals surface area contributed by atoms with Crippen LogP contribution in [0.25, 0.3) is 5.69 Å². The molecule has 2 atom stereocenters. The number of rotatable bonds is 4. The lowest BCUT2D eigenvalue weighted by Crippen LogP contribution is -2.65. The first kappa shape index (κ1) is 16.3. The van der Waals surface area contributed by atoms with Gasteiger partial charge < -0.3 is 15.2 Å². The van der Waals surface area contributed by atoms with Gasteiger partial charge in [-0.05, 0) is 43.0 Å². The van der Waals surface area contributed by atoms with Gasteiger partial charge in [-0.15, -0.1) is 0 Å². The number of hydrogen-bond acceptors (Lipinski definition) is 4. The Morgan fingerprint density at radius 3 is 2.72 bits per heavy atom. The minimum absolute atomic E-state index is 0.00889. The molecule has 1 amide bonds. The molecular formula is C19H23N3O3. The molecule has 132 valence electrons. The summed E-state index contributed by atoms with van der Waals surface area (Å²) in [6, 6.07) is 9.76. The van der Waals surface area contributed by atoms with Crippen molar-refractivity contribution in [2.45, 2.75) is 37.8 Å². The molecular weight excluding hydrogens is 318 g/mol. The summed E-state index contributed by atoms with van der Waals surface area (Å²) in [6.07, 6.45) is 5.92. The van der Waals surface area contributed by atoms with Gasteiger partial charge >= 0.3 is 0 Å². The fourth-order valence-electron chi connectivity index (χ4n) is 4.02. The van der Waals surface area contributed by atoms with E-state index in [1.165, 1.54) is 0 Å². The number of benzene rings is 1. The molecule has 2 aliphatic rings. The van der Waals surface area contributed by atoms with Crippen molar-refractivity contribution >= 4 is 5.91 Å². The SMILES string of the molecule is O=C(Cc1ccc(-n2cccn2)cc1)N[C@@H]1C[C@@H](O)C12CCOCC2. The molecule has 1 saturated carbocycles. The van der Waals surface area contributed by atoms with Crippen LogP contribution in [0.4, 0.5) is 0 Å². The summed E-state index contributed by atoms with van der Waals surface area (Å²) in [4.78, 5) is 12.4. The Kier molecular flexibility index (Phi) is 4.31. The number of hydrogen-bond donors (Lipinski definition) is 2. The Morgan fingerprint density at radius 2 is 2.08 bits per heavy atom. The standard InChI is InChI=1S/C19H23N3O3/c23-17-13-16(19(17)6-10-25-11-7-19)21-18(24)12-14-2-4-15(5-3-14)22-9-1-8-20-22/h1-5,8-9,16-17,23H,6-7,10-13H2,(H,21,24)/t16-,17-/m1/s1. The second-order valence-corrected chi connectivity index (χ2v) is 7.01. The number of aromatic nitrogens is 2. The number of nitrogens with zero attached hydrogens (tertiary/aromatic N) is 2. The van der Waals surface area contributed by atoms with E-state index in [9.17, 15) is 9.90 Å². The molecule has 25 heavy (non-hydrogen) atoms. The third kappa shape index (κ3) is 3.07. The number of carbonyl (C=O) groups excluding carboxylic acids is 1. The fourth-order valence-corrected chi connectivity index (χ4v) is 4.02. The molecule has 4 rings (SSSR count). The quantitative estimate of drug-likeness (QED) is 0.883. The molecule has 6 nitrogen and oxygen atoms in total. The van der Waals surface area contributed by atoms with Gasteiger partial charge in [0.25, 0.3) is 0 Å². The van der Waals surface area contributed by atoms with Gasteiger partial charge in [0.05, 0.1) is 18.2 Å². The van der Waals surface area contributed by atoms with Crippen LogP contribution in [0, 0.1) is 5.41 Å². The van der Waals surface area contributed by atoms with Crippen molar-refractivity contribution in [2.75, 3.05) is 13.2 Å². The summed E-state index contributed by atoms with van der Waals surface area (Å²) in [5.41, 5.74) is 1.75. The molecule has 1 aromatic heterocycles. The first-order chi connectivity index (χ1) is 12.2. The average molecular weight is 341 g/mol. The van der Waals surface area contributed by atoms with Crippen LogP contribution in [0.5, 0.6) is 0 Å². The van der Waals surface area contributed by atoms with Crippen LogP contribution in [0.15, 0.2) is 42.7 Å². The molecule has 1 saturated heterocycles. The minimum Gasteiger partial charge on any atom is -0.392 e. The molecule has 1 spiro atoms. The van der Waals surface area contributed by atoms with E-state index in [2.05, 4.69) is 10.4 Å². The van der Waals surface area contributed by atoms with Gasteiger partial charge in [0, 0.05) is 37.1 Å². The average Bonchev–Trinajstić information content (AvgIpc) is 3.17. The zero-order valence-corrected chi connectivity index (χ0v) is 14.1. The Hall–Kier alpha value is -2.18. The summed E-state index contributed by atoms with van der Waals surface area (Å²) in [5.74, 6) is 0.00889. The Balaban J connectivity index is 1.36. The first-order valence-corrected chi connectivity index (χ1v) is 8.81. The van der Waals surface area contributed by atoms with Gasteiger partial charge in [0.15, 0.2) is 0 Å². The maximum Gasteiger partial charge on any atom is 0.224 e. The number of carbonyl (C=O) groups is 1. The molecule has 1 aromatic carbocycles. The van der Waals surface area contributed by atoms with Crippen LogP contribution in [-0.4, -0.2) is 46.2 Å². The van der Waals surface area contributed by atoms with Crippen molar-refractivity contribution in [3.63, 3.8) is 0 Å². The lowest BCUT2D eigenvalue weighted by atomic mass is 9.58. The highest BCUT2D eigenvalue weighted by Gasteiger charge is 2.55. The van der Waals surface area contributed by atoms with Crippen molar-refractivity contribution in [1.82, 2.24) is 15.1 Å². The van der Waals surface area contributed by atoms with E-state index in [0.29, 0.717) is 26.1 Å². The third-order valence-corrected chi connectivity index (χ3v) is 5.65. The predicted octanol–water partition coefficient (Wildman–Crippen LogP) is 1.46. The fraction of sp³-hybridized carbons (Fsp3) is 0.474. The zero-order chi connectivity index (χ0) is 17.3. The van der Waals surface area contributed by atoms with Crippen molar-refractivity contribution in [3.8, 4) is 5.69 Å². The second kappa shape index (κ2) is 6.61. The third-order valence-electron chi connectivity index (χ3n) is 5.65. The number of nitrogens with one attached hydrogen (secondary N) is 1. The van der Waals surface area contributed by atoms with Gasteiger partial charge in [-0.25, -0.2) is 4.68 Å². The highest BCUT2D eigenvalue weighted by Crippen LogP contribution is 2.48. The van der Waals surface area contributed by atoms with Gasteiger partial charge in [0.1, 0.15) is 0 Å². The van der Waals surface area contributed by atoms with Crippen LogP contribution in [-0.2, 0) is 16.0 Å². The number of amides is 1. The molecule has 2 N–H and O–H groups in total. The number of aliphatic hydroxyl groups is 1. The predicted molar refractivity (Wildman–Crippen MR) is 92.3 cm³/mol. The Morgan fingerprint density at radius 1 is 1.32 bits per heavy atom. The molecule has 1 aliphatic carbocycles. The lowest BCUT2D eigenvalue weighted by Gasteiger charge is -2.55. The minimum atomic E-state index is -0.324. The highest BCUT2D eigenvalue weighted by molar-refractivity contribution is 5.79. The zero-order valence-electron chi connectivity index (χ0n) is 14.1. The van der Waals surface area contributed by atoms with Gasteiger partial charge in [-0.3, -0.25) is 4.79 Å². The molecule has 2 aromatic rings. The van der Waals surface area contributed by atoms with Crippen molar-refractivity contribution in [3.05, 3.63) is 48.3 Å². The summed E-state index contributed by atoms with van der Waals surface area (Å²) in [6.45, 7) is 1.33. The summed E-state index contributed by atoms with van der Waals surface area (Å²) in [7, 11) is 0. The number of aliphatic hydroxyl groups excluding tert-OH is 1. The Labute approximate surface area is 146 Å². The molecule has 6 heteroatoms. The topological polar surface area (TPSA) is 76.4 Å². The summed E-state index contributed by atoms with van der Waals surface area (Å²) >= 11 is 0. The normalized spacial score (nSPS) is 24.7. The largest absolute Gasteiger partial charge is 0.392 e. The highest BCUT2D eigenvalue weighted by atomic mass is 16.5. The van der Waals surface area contributed by atoms with Crippen molar-refractivity contribution < 1.29 is 14.6 Å². The van der Waals surface area contributed by atoms with Gasteiger partial charge in [-0.1, -0.05) is 12.1 Å². The molecule has 0 unspecified atom stereocenters. The lowest BCUT2D eigenvalue weighted by molar-refractivity contribution is -0.155. The van der Waals surface area contributed by atoms with E-state index >= 15 is 0 Å². The summed E-state index contributed by atoms with van der Waals surface area (Å²) < 4.78 is 7.20. The smallest absolute Gasteiger partial charge is 0.224 e. The van der Waals surface area contributed by atoms with Crippen LogP contribution < -0.4 is 5.32 Å². The molecule has 2 heterocycles. The van der Waals surface area contributed by atoms with Crippen molar-refractivity contribution in [1.29, 1.82) is 0 Å². The molecule has 0 radical (unpaired) electrons. The monoisotopic (exact) mass is 341 g/mol. The van der Waals surface area contributed by atoms with E-state index in [1.807, 2.05) is 36.5 Å². The molecule has 1 aliphatic heterocycles. The van der Waals surface area contributed by atoms with E-state index in [-0.39, 0.29) is 23.5 Å². The molecule has 0 bridgehead atoms. The second-order valence-electron chi connectivity index (χ2n) is 7.01. The van der Waals surface area contributed by atoms with Gasteiger partial charge in [0.2, 0.25) is 5.91 Å². The van der Waals surface area contributed by atoms with Gasteiger partial charge in [-0.2, -0.15) is 5.10 Å². The Bertz CT molecular complexity index is 721. The van der Waals surface area contributed by atoms with E-state index in [0.717, 1.165) is 24.1 Å². The van der Waals surface area contributed by atoms with E-state index in [1.54, 1.807) is 10.9 Å². The first-order valence-electron chi connectivity index (χ1n) is 8.81. The maximum atomic E-state index is 12.4. The van der Waals surface area contributed by atoms with Crippen molar-refractivity contribution in [2.24, 2.45) is 5.41 Å².